The summed E-state index contributed by atoms with van der Waals surface area (Å²) in [6.45, 7) is 7.15. The molecular formula is C16H24N2O3. The Kier molecular flexibility index (Phi) is 5.87. The van der Waals surface area contributed by atoms with Gasteiger partial charge in [-0.05, 0) is 31.0 Å². The van der Waals surface area contributed by atoms with Gasteiger partial charge in [0, 0.05) is 24.7 Å². The van der Waals surface area contributed by atoms with Crippen LogP contribution in [0.5, 0.6) is 11.5 Å². The zero-order valence-electron chi connectivity index (χ0n) is 12.8. The summed E-state index contributed by atoms with van der Waals surface area (Å²) < 4.78 is 10.9. The molecule has 0 saturated heterocycles. The van der Waals surface area contributed by atoms with E-state index in [1.807, 2.05) is 12.1 Å². The van der Waals surface area contributed by atoms with E-state index >= 15 is 0 Å². The zero-order chi connectivity index (χ0) is 15.1. The van der Waals surface area contributed by atoms with E-state index in [0.29, 0.717) is 37.8 Å². The van der Waals surface area contributed by atoms with Crippen LogP contribution in [0.25, 0.3) is 0 Å². The van der Waals surface area contributed by atoms with Crippen molar-refractivity contribution in [3.8, 4) is 11.5 Å². The molecule has 1 aromatic rings. The van der Waals surface area contributed by atoms with Gasteiger partial charge in [0.2, 0.25) is 5.91 Å². The molecule has 1 amide bonds. The molecule has 0 atom stereocenters. The molecule has 1 aromatic carbocycles. The number of rotatable bonds is 7. The first kappa shape index (κ1) is 15.6. The molecule has 2 N–H and O–H groups in total. The minimum absolute atomic E-state index is 0.00345. The van der Waals surface area contributed by atoms with Crippen molar-refractivity contribution in [2.24, 2.45) is 5.92 Å². The lowest BCUT2D eigenvalue weighted by molar-refractivity contribution is -0.116. The summed E-state index contributed by atoms with van der Waals surface area (Å²) in [4.78, 5) is 11.9. The van der Waals surface area contributed by atoms with Crippen LogP contribution in [0.4, 0.5) is 5.69 Å². The van der Waals surface area contributed by atoms with Crippen molar-refractivity contribution in [1.82, 2.24) is 5.32 Å². The van der Waals surface area contributed by atoms with E-state index in [-0.39, 0.29) is 5.91 Å². The van der Waals surface area contributed by atoms with Crippen LogP contribution >= 0.6 is 0 Å². The normalized spacial score (nSPS) is 13.3. The highest BCUT2D eigenvalue weighted by atomic mass is 16.6. The Morgan fingerprint density at radius 1 is 1.19 bits per heavy atom. The molecule has 0 aliphatic carbocycles. The fourth-order valence-electron chi connectivity index (χ4n) is 2.06. The number of amides is 1. The zero-order valence-corrected chi connectivity index (χ0v) is 12.8. The van der Waals surface area contributed by atoms with E-state index < -0.39 is 0 Å². The number of hydrogen-bond acceptors (Lipinski definition) is 4. The van der Waals surface area contributed by atoms with Crippen LogP contribution in [0.15, 0.2) is 18.2 Å². The Bertz CT molecular complexity index is 475. The fraction of sp³-hybridized carbons (Fsp3) is 0.562. The van der Waals surface area contributed by atoms with Crippen molar-refractivity contribution < 1.29 is 14.3 Å². The summed E-state index contributed by atoms with van der Waals surface area (Å²) in [5, 5.41) is 6.16. The molecule has 0 spiro atoms. The summed E-state index contributed by atoms with van der Waals surface area (Å²) in [6.07, 6.45) is 1.59. The predicted octanol–water partition coefficient (Wildman–Crippen LogP) is 2.42. The van der Waals surface area contributed by atoms with E-state index in [9.17, 15) is 4.79 Å². The molecule has 0 aromatic heterocycles. The van der Waals surface area contributed by atoms with Crippen molar-refractivity contribution in [3.63, 3.8) is 0 Å². The second-order valence-corrected chi connectivity index (χ2v) is 5.59. The van der Waals surface area contributed by atoms with Crippen molar-refractivity contribution in [2.75, 3.05) is 31.6 Å². The lowest BCUT2D eigenvalue weighted by Gasteiger charge is -2.19. The third kappa shape index (κ3) is 5.27. The highest BCUT2D eigenvalue weighted by Gasteiger charge is 2.12. The number of benzene rings is 1. The number of carbonyl (C=O) groups is 1. The second kappa shape index (κ2) is 7.88. The molecule has 21 heavy (non-hydrogen) atoms. The van der Waals surface area contributed by atoms with Gasteiger partial charge in [0.15, 0.2) is 11.5 Å². The Labute approximate surface area is 126 Å². The van der Waals surface area contributed by atoms with Gasteiger partial charge in [-0.1, -0.05) is 13.8 Å². The summed E-state index contributed by atoms with van der Waals surface area (Å²) >= 11 is 0. The topological polar surface area (TPSA) is 59.6 Å². The smallest absolute Gasteiger partial charge is 0.225 e. The number of nitrogens with one attached hydrogen (secondary N) is 2. The monoisotopic (exact) mass is 292 g/mol. The van der Waals surface area contributed by atoms with Crippen molar-refractivity contribution in [1.29, 1.82) is 0 Å². The van der Waals surface area contributed by atoms with Gasteiger partial charge < -0.3 is 20.1 Å². The SMILES string of the molecule is CC(C)CCNCCC(=O)Nc1ccc2c(c1)OCCO2. The van der Waals surface area contributed by atoms with Crippen LogP contribution < -0.4 is 20.1 Å². The maximum Gasteiger partial charge on any atom is 0.225 e. The Hall–Kier alpha value is -1.75. The van der Waals surface area contributed by atoms with E-state index in [2.05, 4.69) is 24.5 Å². The summed E-state index contributed by atoms with van der Waals surface area (Å²) in [5.41, 5.74) is 0.742. The van der Waals surface area contributed by atoms with Gasteiger partial charge >= 0.3 is 0 Å². The molecule has 0 saturated carbocycles. The van der Waals surface area contributed by atoms with Crippen molar-refractivity contribution in [2.45, 2.75) is 26.7 Å². The first-order valence-corrected chi connectivity index (χ1v) is 7.55. The molecule has 1 aliphatic rings. The fourth-order valence-corrected chi connectivity index (χ4v) is 2.06. The molecule has 1 aliphatic heterocycles. The van der Waals surface area contributed by atoms with Crippen LogP contribution in [0.2, 0.25) is 0 Å². The average Bonchev–Trinajstić information content (AvgIpc) is 2.46. The molecule has 1 heterocycles. The van der Waals surface area contributed by atoms with E-state index in [0.717, 1.165) is 24.4 Å². The highest BCUT2D eigenvalue weighted by Crippen LogP contribution is 2.32. The molecular weight excluding hydrogens is 268 g/mol. The van der Waals surface area contributed by atoms with Gasteiger partial charge in [0.05, 0.1) is 0 Å². The third-order valence-electron chi connectivity index (χ3n) is 3.25. The third-order valence-corrected chi connectivity index (χ3v) is 3.25. The van der Waals surface area contributed by atoms with Crippen LogP contribution in [0.3, 0.4) is 0 Å². The number of fused-ring (bicyclic) bond motifs is 1. The maximum atomic E-state index is 11.9. The quantitative estimate of drug-likeness (QED) is 0.758. The summed E-state index contributed by atoms with van der Waals surface area (Å²) in [7, 11) is 0. The maximum absolute atomic E-state index is 11.9. The average molecular weight is 292 g/mol. The lowest BCUT2D eigenvalue weighted by atomic mass is 10.1. The van der Waals surface area contributed by atoms with Crippen LogP contribution in [0.1, 0.15) is 26.7 Å². The molecule has 5 heteroatoms. The molecule has 0 radical (unpaired) electrons. The van der Waals surface area contributed by atoms with Gasteiger partial charge in [0.25, 0.3) is 0 Å². The van der Waals surface area contributed by atoms with E-state index in [1.54, 1.807) is 6.07 Å². The first-order valence-electron chi connectivity index (χ1n) is 7.55. The Balaban J connectivity index is 1.72. The van der Waals surface area contributed by atoms with Crippen LogP contribution in [-0.4, -0.2) is 32.2 Å². The van der Waals surface area contributed by atoms with E-state index in [4.69, 9.17) is 9.47 Å². The second-order valence-electron chi connectivity index (χ2n) is 5.59. The van der Waals surface area contributed by atoms with Gasteiger partial charge in [-0.15, -0.1) is 0 Å². The first-order chi connectivity index (χ1) is 10.1. The number of anilines is 1. The minimum Gasteiger partial charge on any atom is -0.486 e. The molecule has 2 rings (SSSR count). The summed E-state index contributed by atoms with van der Waals surface area (Å²) in [6, 6.07) is 5.46. The van der Waals surface area contributed by atoms with Crippen molar-refractivity contribution in [3.05, 3.63) is 18.2 Å². The predicted molar refractivity (Wildman–Crippen MR) is 83.0 cm³/mol. The van der Waals surface area contributed by atoms with Gasteiger partial charge in [-0.3, -0.25) is 4.79 Å². The molecule has 0 fully saturated rings. The summed E-state index contributed by atoms with van der Waals surface area (Å²) in [5.74, 6) is 2.11. The van der Waals surface area contributed by atoms with Gasteiger partial charge in [-0.25, -0.2) is 0 Å². The highest BCUT2D eigenvalue weighted by molar-refractivity contribution is 5.91. The molecule has 0 bridgehead atoms. The van der Waals surface area contributed by atoms with Gasteiger partial charge in [-0.2, -0.15) is 0 Å². The number of ether oxygens (including phenoxy) is 2. The Morgan fingerprint density at radius 3 is 2.71 bits per heavy atom. The standard InChI is InChI=1S/C16H24N2O3/c1-12(2)5-7-17-8-6-16(19)18-13-3-4-14-15(11-13)21-10-9-20-14/h3-4,11-12,17H,5-10H2,1-2H3,(H,18,19). The van der Waals surface area contributed by atoms with Crippen LogP contribution in [-0.2, 0) is 4.79 Å². The minimum atomic E-state index is 0.00345. The van der Waals surface area contributed by atoms with Crippen molar-refractivity contribution >= 4 is 11.6 Å². The number of carbonyl (C=O) groups excluding carboxylic acids is 1. The number of hydrogen-bond donors (Lipinski definition) is 2. The Morgan fingerprint density at radius 2 is 1.95 bits per heavy atom. The van der Waals surface area contributed by atoms with Gasteiger partial charge in [0.1, 0.15) is 13.2 Å². The van der Waals surface area contributed by atoms with E-state index in [1.165, 1.54) is 0 Å². The molecule has 5 nitrogen and oxygen atoms in total. The molecule has 0 unspecified atom stereocenters. The lowest BCUT2D eigenvalue weighted by Crippen LogP contribution is -2.23. The van der Waals surface area contributed by atoms with Crippen LogP contribution in [0, 0.1) is 5.92 Å². The molecule has 116 valence electrons. The largest absolute Gasteiger partial charge is 0.486 e.